The van der Waals surface area contributed by atoms with Crippen molar-refractivity contribution in [1.29, 1.82) is 0 Å². The molecule has 0 saturated heterocycles. The molecule has 48 heavy (non-hydrogen) atoms. The topological polar surface area (TPSA) is 43.6 Å². The third-order valence-corrected chi connectivity index (χ3v) is 8.69. The molecule has 2 aromatic heterocycles. The summed E-state index contributed by atoms with van der Waals surface area (Å²) in [7, 11) is 0. The monoisotopic (exact) mass is 836 g/mol. The quantitative estimate of drug-likeness (QED) is 0.162. The van der Waals surface area contributed by atoms with Gasteiger partial charge in [0.05, 0.1) is 0 Å². The maximum Gasteiger partial charge on any atom is 2.00 e. The Hall–Kier alpha value is -5.34. The molecular formula is C43H26N4U. The molecule has 9 aromatic rings. The SMILES string of the molecule is [U+2].[c-]1ccccc1-c1[c-]cc2c(c1)c1ccccc1n2-c1ccc(-c2nc(-c3ccccc3)nc(-c3ccccc3)n2)c2ccccc12. The van der Waals surface area contributed by atoms with Crippen molar-refractivity contribution in [3.63, 3.8) is 0 Å². The normalized spacial score (nSPS) is 11.2. The van der Waals surface area contributed by atoms with Gasteiger partial charge in [-0.3, -0.25) is 0 Å². The van der Waals surface area contributed by atoms with Crippen molar-refractivity contribution >= 4 is 32.6 Å². The summed E-state index contributed by atoms with van der Waals surface area (Å²) in [6.45, 7) is 0. The van der Waals surface area contributed by atoms with Gasteiger partial charge in [-0.25, -0.2) is 26.1 Å². The van der Waals surface area contributed by atoms with E-state index in [1.54, 1.807) is 0 Å². The summed E-state index contributed by atoms with van der Waals surface area (Å²) in [6.07, 6.45) is 0. The summed E-state index contributed by atoms with van der Waals surface area (Å²) in [6, 6.07) is 60.9. The van der Waals surface area contributed by atoms with Crippen LogP contribution in [0.2, 0.25) is 0 Å². The fraction of sp³-hybridized carbons (Fsp3) is 0. The van der Waals surface area contributed by atoms with Crippen molar-refractivity contribution in [2.24, 2.45) is 0 Å². The first-order chi connectivity index (χ1) is 23.3. The summed E-state index contributed by atoms with van der Waals surface area (Å²) in [4.78, 5) is 15.0. The van der Waals surface area contributed by atoms with Crippen LogP contribution < -0.4 is 0 Å². The molecule has 7 aromatic carbocycles. The van der Waals surface area contributed by atoms with E-state index >= 15 is 0 Å². The third-order valence-electron chi connectivity index (χ3n) is 8.69. The van der Waals surface area contributed by atoms with Gasteiger partial charge in [0.25, 0.3) is 0 Å². The first kappa shape index (κ1) is 30.0. The second kappa shape index (κ2) is 12.7. The summed E-state index contributed by atoms with van der Waals surface area (Å²) in [5.41, 5.74) is 8.23. The molecule has 0 aliphatic carbocycles. The predicted octanol–water partition coefficient (Wildman–Crippen LogP) is 10.4. The Bertz CT molecular complexity index is 2500. The van der Waals surface area contributed by atoms with E-state index in [2.05, 4.69) is 95.6 Å². The summed E-state index contributed by atoms with van der Waals surface area (Å²) in [5.74, 6) is 1.93. The number of para-hydroxylation sites is 1. The number of aromatic nitrogens is 4. The first-order valence-corrected chi connectivity index (χ1v) is 15.6. The van der Waals surface area contributed by atoms with Gasteiger partial charge in [0.2, 0.25) is 0 Å². The van der Waals surface area contributed by atoms with Crippen LogP contribution in [0.25, 0.3) is 83.6 Å². The van der Waals surface area contributed by atoms with Gasteiger partial charge in [0.1, 0.15) is 0 Å². The standard InChI is InChI=1S/C43H26N4.U/c1-4-14-29(15-5-1)32-24-26-40-37(28-32)35-22-12-13-23-38(35)47(40)39-27-25-36(33-20-10-11-21-34(33)39)43-45-41(30-16-6-2-7-17-30)44-42(46-43)31-18-8-3-9-19-31;/h1-14,16-23,25-28H;/q-2;+2. The van der Waals surface area contributed by atoms with Gasteiger partial charge in [-0.1, -0.05) is 109 Å². The van der Waals surface area contributed by atoms with Gasteiger partial charge in [-0.15, -0.1) is 12.1 Å². The van der Waals surface area contributed by atoms with Crippen LogP contribution in [0.1, 0.15) is 0 Å². The van der Waals surface area contributed by atoms with E-state index in [1.165, 1.54) is 10.8 Å². The van der Waals surface area contributed by atoms with Crippen LogP contribution in [-0.2, 0) is 0 Å². The Balaban J connectivity index is 0.00000336. The van der Waals surface area contributed by atoms with Crippen molar-refractivity contribution in [2.45, 2.75) is 0 Å². The predicted molar refractivity (Wildman–Crippen MR) is 191 cm³/mol. The van der Waals surface area contributed by atoms with Crippen molar-refractivity contribution < 1.29 is 31.1 Å². The Morgan fingerprint density at radius 1 is 0.438 bits per heavy atom. The van der Waals surface area contributed by atoms with Crippen LogP contribution in [-0.4, -0.2) is 19.5 Å². The van der Waals surface area contributed by atoms with Gasteiger partial charge in [-0.05, 0) is 34.5 Å². The van der Waals surface area contributed by atoms with E-state index in [0.29, 0.717) is 17.5 Å². The molecule has 5 heteroatoms. The molecule has 0 saturated carbocycles. The molecule has 0 fully saturated rings. The van der Waals surface area contributed by atoms with E-state index in [9.17, 15) is 0 Å². The van der Waals surface area contributed by atoms with Crippen LogP contribution in [0.15, 0.2) is 158 Å². The third kappa shape index (κ3) is 5.22. The van der Waals surface area contributed by atoms with Crippen LogP contribution in [0.5, 0.6) is 0 Å². The number of hydrogen-bond acceptors (Lipinski definition) is 3. The van der Waals surface area contributed by atoms with Crippen LogP contribution in [0, 0.1) is 43.2 Å². The molecule has 2 heterocycles. The fourth-order valence-electron chi connectivity index (χ4n) is 6.49. The van der Waals surface area contributed by atoms with Gasteiger partial charge in [0.15, 0.2) is 17.5 Å². The van der Waals surface area contributed by atoms with E-state index in [4.69, 9.17) is 15.0 Å². The Morgan fingerprint density at radius 3 is 1.73 bits per heavy atom. The number of nitrogens with zero attached hydrogens (tertiary/aromatic N) is 4. The zero-order valence-corrected chi connectivity index (χ0v) is 30.0. The van der Waals surface area contributed by atoms with Gasteiger partial charge >= 0.3 is 31.1 Å². The van der Waals surface area contributed by atoms with Crippen molar-refractivity contribution in [3.8, 4) is 51.0 Å². The molecule has 0 spiro atoms. The zero-order valence-electron chi connectivity index (χ0n) is 25.8. The molecule has 0 aliphatic rings. The van der Waals surface area contributed by atoms with E-state index in [1.807, 2.05) is 78.9 Å². The second-order valence-corrected chi connectivity index (χ2v) is 11.5. The minimum atomic E-state index is 0. The zero-order chi connectivity index (χ0) is 31.2. The summed E-state index contributed by atoms with van der Waals surface area (Å²) >= 11 is 0. The summed E-state index contributed by atoms with van der Waals surface area (Å²) in [5, 5.41) is 4.55. The van der Waals surface area contributed by atoms with Crippen molar-refractivity contribution in [2.75, 3.05) is 0 Å². The minimum Gasteiger partial charge on any atom is -0.350 e. The number of benzene rings is 7. The molecule has 4 nitrogen and oxygen atoms in total. The van der Waals surface area contributed by atoms with Crippen LogP contribution >= 0.6 is 0 Å². The number of fused-ring (bicyclic) bond motifs is 4. The first-order valence-electron chi connectivity index (χ1n) is 15.6. The Kier molecular flexibility index (Phi) is 7.94. The van der Waals surface area contributed by atoms with Crippen molar-refractivity contribution in [1.82, 2.24) is 19.5 Å². The van der Waals surface area contributed by atoms with Gasteiger partial charge < -0.3 is 4.57 Å². The smallest absolute Gasteiger partial charge is 0.350 e. The Labute approximate surface area is 302 Å². The van der Waals surface area contributed by atoms with Crippen molar-refractivity contribution in [3.05, 3.63) is 170 Å². The van der Waals surface area contributed by atoms with Gasteiger partial charge in [0, 0.05) is 33.3 Å². The number of rotatable bonds is 5. The second-order valence-electron chi connectivity index (χ2n) is 11.5. The molecule has 0 radical (unpaired) electrons. The average molecular weight is 837 g/mol. The average Bonchev–Trinajstić information content (AvgIpc) is 3.49. The molecule has 0 N–H and O–H groups in total. The molecule has 222 valence electrons. The molecule has 0 atom stereocenters. The fourth-order valence-corrected chi connectivity index (χ4v) is 6.49. The number of hydrogen-bond donors (Lipinski definition) is 0. The molecular weight excluding hydrogens is 811 g/mol. The van der Waals surface area contributed by atoms with Gasteiger partial charge in [-0.2, -0.15) is 36.4 Å². The van der Waals surface area contributed by atoms with Crippen LogP contribution in [0.4, 0.5) is 0 Å². The van der Waals surface area contributed by atoms with E-state index in [0.717, 1.165) is 55.3 Å². The molecule has 0 aliphatic heterocycles. The molecule has 9 rings (SSSR count). The maximum absolute atomic E-state index is 5.04. The minimum absolute atomic E-state index is 0. The Morgan fingerprint density at radius 2 is 1.04 bits per heavy atom. The summed E-state index contributed by atoms with van der Waals surface area (Å²) < 4.78 is 2.35. The van der Waals surface area contributed by atoms with Crippen LogP contribution in [0.3, 0.4) is 0 Å². The maximum atomic E-state index is 5.04. The van der Waals surface area contributed by atoms with E-state index < -0.39 is 0 Å². The molecule has 0 bridgehead atoms. The van der Waals surface area contributed by atoms with E-state index in [-0.39, 0.29) is 31.1 Å². The largest absolute Gasteiger partial charge is 2.00 e. The molecule has 0 amide bonds. The molecule has 0 unspecified atom stereocenters.